The van der Waals surface area contributed by atoms with E-state index in [2.05, 4.69) is 147 Å². The summed E-state index contributed by atoms with van der Waals surface area (Å²) in [7, 11) is 0. The number of nitrogens with zero attached hydrogens (tertiary/aromatic N) is 1. The number of aromatic nitrogens is 1. The van der Waals surface area contributed by atoms with E-state index in [9.17, 15) is 0 Å². The molecule has 2 heterocycles. The first-order valence-corrected chi connectivity index (χ1v) is 15.8. The van der Waals surface area contributed by atoms with Crippen LogP contribution in [0, 0.1) is 0 Å². The Morgan fingerprint density at radius 1 is 0.556 bits per heavy atom. The Kier molecular flexibility index (Phi) is 5.64. The molecule has 0 radical (unpaired) electrons. The molecule has 1 N–H and O–H groups in total. The molecule has 1 aliphatic heterocycles. The van der Waals surface area contributed by atoms with Crippen molar-refractivity contribution in [2.45, 2.75) is 19.3 Å². The summed E-state index contributed by atoms with van der Waals surface area (Å²) in [5.74, 6) is 0. The van der Waals surface area contributed by atoms with E-state index in [0.29, 0.717) is 0 Å². The normalized spacial score (nSPS) is 15.0. The fourth-order valence-electron chi connectivity index (χ4n) is 7.63. The first-order chi connectivity index (χ1) is 22.1. The fourth-order valence-corrected chi connectivity index (χ4v) is 7.63. The Labute approximate surface area is 263 Å². The molecule has 9 rings (SSSR count). The van der Waals surface area contributed by atoms with Gasteiger partial charge in [-0.3, -0.25) is 4.98 Å². The number of pyridine rings is 1. The zero-order valence-electron chi connectivity index (χ0n) is 25.4. The van der Waals surface area contributed by atoms with Crippen molar-refractivity contribution < 1.29 is 0 Å². The molecule has 0 fully saturated rings. The lowest BCUT2D eigenvalue weighted by molar-refractivity contribution is 0.652. The Morgan fingerprint density at radius 2 is 1.20 bits per heavy atom. The van der Waals surface area contributed by atoms with Gasteiger partial charge in [0.05, 0.1) is 5.69 Å². The van der Waals surface area contributed by atoms with Crippen LogP contribution in [0.2, 0.25) is 0 Å². The van der Waals surface area contributed by atoms with Crippen molar-refractivity contribution in [1.29, 1.82) is 0 Å². The summed E-state index contributed by atoms with van der Waals surface area (Å²) in [5, 5.41) is 11.7. The smallest absolute Gasteiger partial charge is 0.0708 e. The largest absolute Gasteiger partial charge is 0.380 e. The maximum absolute atomic E-state index is 4.98. The number of allylic oxidation sites excluding steroid dienone is 2. The van der Waals surface area contributed by atoms with Gasteiger partial charge in [0, 0.05) is 40.5 Å². The average Bonchev–Trinajstić information content (AvgIpc) is 3.10. The Hall–Kier alpha value is -5.47. The van der Waals surface area contributed by atoms with Crippen LogP contribution in [-0.2, 0) is 5.41 Å². The fraction of sp³-hybridized carbons (Fsp3) is 0.0930. The molecule has 0 bridgehead atoms. The first kappa shape index (κ1) is 26.0. The molecule has 2 nitrogen and oxygen atoms in total. The van der Waals surface area contributed by atoms with E-state index in [1.807, 2.05) is 12.3 Å². The molecule has 1 aliphatic carbocycles. The molecular weight excluding hydrogens is 544 g/mol. The van der Waals surface area contributed by atoms with Gasteiger partial charge in [-0.1, -0.05) is 135 Å². The number of hydrogen-bond acceptors (Lipinski definition) is 2. The first-order valence-electron chi connectivity index (χ1n) is 15.8. The van der Waals surface area contributed by atoms with Crippen LogP contribution in [0.4, 0.5) is 0 Å². The number of rotatable bonds is 4. The van der Waals surface area contributed by atoms with Crippen molar-refractivity contribution in [3.05, 3.63) is 162 Å². The molecule has 0 amide bonds. The minimum absolute atomic E-state index is 0.143. The van der Waals surface area contributed by atoms with Gasteiger partial charge in [-0.15, -0.1) is 0 Å². The molecule has 2 heteroatoms. The molecule has 0 saturated heterocycles. The summed E-state index contributed by atoms with van der Waals surface area (Å²) in [4.78, 5) is 4.98. The molecule has 2 aliphatic rings. The van der Waals surface area contributed by atoms with Crippen molar-refractivity contribution >= 4 is 43.6 Å². The highest BCUT2D eigenvalue weighted by Gasteiger charge is 2.34. The molecule has 0 atom stereocenters. The van der Waals surface area contributed by atoms with E-state index < -0.39 is 0 Å². The van der Waals surface area contributed by atoms with Gasteiger partial charge in [0.15, 0.2) is 0 Å². The maximum Gasteiger partial charge on any atom is 0.0708 e. The van der Waals surface area contributed by atoms with Gasteiger partial charge < -0.3 is 5.32 Å². The highest BCUT2D eigenvalue weighted by Crippen LogP contribution is 2.51. The van der Waals surface area contributed by atoms with Crippen LogP contribution in [0.3, 0.4) is 0 Å². The molecule has 0 spiro atoms. The van der Waals surface area contributed by atoms with E-state index in [-0.39, 0.29) is 5.41 Å². The van der Waals surface area contributed by atoms with Gasteiger partial charge >= 0.3 is 0 Å². The van der Waals surface area contributed by atoms with Gasteiger partial charge in [-0.25, -0.2) is 0 Å². The Bertz CT molecular complexity index is 2360. The lowest BCUT2D eigenvalue weighted by Gasteiger charge is -2.35. The van der Waals surface area contributed by atoms with Crippen molar-refractivity contribution in [1.82, 2.24) is 10.3 Å². The average molecular weight is 577 g/mol. The van der Waals surface area contributed by atoms with Gasteiger partial charge in [0.25, 0.3) is 0 Å². The molecular formula is C43H32N2. The lowest BCUT2D eigenvalue weighted by Crippen LogP contribution is -2.23. The highest BCUT2D eigenvalue weighted by molar-refractivity contribution is 6.27. The highest BCUT2D eigenvalue weighted by atomic mass is 14.9. The number of nitrogens with one attached hydrogen (secondary N) is 1. The molecule has 0 unspecified atom stereocenters. The summed E-state index contributed by atoms with van der Waals surface area (Å²) in [6.45, 7) is 5.57. The second-order valence-corrected chi connectivity index (χ2v) is 12.8. The van der Waals surface area contributed by atoms with Crippen LogP contribution in [0.5, 0.6) is 0 Å². The lowest BCUT2D eigenvalue weighted by atomic mass is 9.68. The SMILES string of the molecule is CC1(C)c2ccc(C3=CC=C(c4ccccc4)CN3)c3ccc4ccc5c(-c6ccc(-c7ccccc7)cn6)ccc1c5c4c23. The molecule has 6 aromatic carbocycles. The van der Waals surface area contributed by atoms with Crippen LogP contribution in [0.25, 0.3) is 66.0 Å². The topological polar surface area (TPSA) is 24.9 Å². The third kappa shape index (κ3) is 3.92. The van der Waals surface area contributed by atoms with E-state index in [1.165, 1.54) is 77.0 Å². The second-order valence-electron chi connectivity index (χ2n) is 12.8. The van der Waals surface area contributed by atoms with Crippen LogP contribution >= 0.6 is 0 Å². The number of hydrogen-bond donors (Lipinski definition) is 1. The maximum atomic E-state index is 4.98. The Balaban J connectivity index is 1.25. The van der Waals surface area contributed by atoms with Crippen LogP contribution in [0.1, 0.15) is 36.1 Å². The summed E-state index contributed by atoms with van der Waals surface area (Å²) in [5.41, 5.74) is 12.1. The van der Waals surface area contributed by atoms with E-state index >= 15 is 0 Å². The third-order valence-corrected chi connectivity index (χ3v) is 9.99. The molecule has 45 heavy (non-hydrogen) atoms. The minimum Gasteiger partial charge on any atom is -0.380 e. The van der Waals surface area contributed by atoms with Crippen molar-refractivity contribution in [2.75, 3.05) is 6.54 Å². The van der Waals surface area contributed by atoms with Crippen LogP contribution in [0.15, 0.2) is 140 Å². The standard InChI is InChI=1S/C43H32N2/c1-43(2)36-21-19-32(38-23-15-30(25-44-38)27-9-5-3-6-10-27)34-17-13-29-14-18-35-33(20-22-37(43)42(35)40(29)41(34)36)39-24-16-31(26-45-39)28-11-7-4-8-12-28/h3-25,45H,26H2,1-2H3. The zero-order chi connectivity index (χ0) is 30.1. The molecule has 7 aromatic rings. The molecule has 214 valence electrons. The summed E-state index contributed by atoms with van der Waals surface area (Å²) in [6.07, 6.45) is 6.52. The summed E-state index contributed by atoms with van der Waals surface area (Å²) < 4.78 is 0. The number of benzene rings is 6. The summed E-state index contributed by atoms with van der Waals surface area (Å²) >= 11 is 0. The quantitative estimate of drug-likeness (QED) is 0.211. The van der Waals surface area contributed by atoms with Crippen molar-refractivity contribution in [3.63, 3.8) is 0 Å². The van der Waals surface area contributed by atoms with E-state index in [4.69, 9.17) is 4.98 Å². The Morgan fingerprint density at radius 3 is 1.82 bits per heavy atom. The molecule has 1 aromatic heterocycles. The third-order valence-electron chi connectivity index (χ3n) is 9.99. The van der Waals surface area contributed by atoms with E-state index in [0.717, 1.165) is 17.8 Å². The van der Waals surface area contributed by atoms with Gasteiger partial charge in [-0.2, -0.15) is 0 Å². The molecule has 0 saturated carbocycles. The zero-order valence-corrected chi connectivity index (χ0v) is 25.4. The van der Waals surface area contributed by atoms with Gasteiger partial charge in [0.2, 0.25) is 0 Å². The number of dihydropyridines is 1. The van der Waals surface area contributed by atoms with Crippen LogP contribution in [-0.4, -0.2) is 11.5 Å². The van der Waals surface area contributed by atoms with Crippen molar-refractivity contribution in [2.24, 2.45) is 0 Å². The predicted octanol–water partition coefficient (Wildman–Crippen LogP) is 10.5. The van der Waals surface area contributed by atoms with Gasteiger partial charge in [-0.05, 0) is 72.3 Å². The minimum atomic E-state index is -0.143. The van der Waals surface area contributed by atoms with E-state index in [1.54, 1.807) is 0 Å². The van der Waals surface area contributed by atoms with Crippen molar-refractivity contribution in [3.8, 4) is 22.4 Å². The summed E-state index contributed by atoms with van der Waals surface area (Å²) in [6, 6.07) is 44.0. The van der Waals surface area contributed by atoms with Crippen LogP contribution < -0.4 is 5.32 Å². The monoisotopic (exact) mass is 576 g/mol. The van der Waals surface area contributed by atoms with Gasteiger partial charge in [0.1, 0.15) is 0 Å². The second kappa shape index (κ2) is 9.77. The predicted molar refractivity (Wildman–Crippen MR) is 190 cm³/mol.